The first-order chi connectivity index (χ1) is 14.0. The number of nitro groups is 1. The van der Waals surface area contributed by atoms with Crippen LogP contribution in [0.5, 0.6) is 5.75 Å². The Kier molecular flexibility index (Phi) is 6.90. The molecule has 2 aromatic carbocycles. The molecule has 0 unspecified atom stereocenters. The maximum absolute atomic E-state index is 12.2. The van der Waals surface area contributed by atoms with Crippen molar-refractivity contribution in [2.45, 2.75) is 6.92 Å². The van der Waals surface area contributed by atoms with E-state index in [4.69, 9.17) is 16.3 Å². The summed E-state index contributed by atoms with van der Waals surface area (Å²) in [5.41, 5.74) is 1.30. The third kappa shape index (κ3) is 5.36. The van der Waals surface area contributed by atoms with Crippen molar-refractivity contribution in [2.75, 3.05) is 49.5 Å². The number of nitro benzene ring substituents is 1. The first-order valence-corrected chi connectivity index (χ1v) is 9.78. The molecule has 1 aliphatic heterocycles. The number of rotatable bonds is 7. The SMILES string of the molecule is CCN1CCN(c2ccc(NC(=O)COc3ccccc3[N+](=O)[O-])cc2Cl)CC1. The summed E-state index contributed by atoms with van der Waals surface area (Å²) in [6, 6.07) is 11.3. The summed E-state index contributed by atoms with van der Waals surface area (Å²) < 4.78 is 5.30. The van der Waals surface area contributed by atoms with Crippen LogP contribution in [0, 0.1) is 10.1 Å². The second kappa shape index (κ2) is 9.58. The molecule has 154 valence electrons. The number of ether oxygens (including phenoxy) is 1. The van der Waals surface area contributed by atoms with Gasteiger partial charge < -0.3 is 19.9 Å². The summed E-state index contributed by atoms with van der Waals surface area (Å²) in [5, 5.41) is 14.3. The van der Waals surface area contributed by atoms with E-state index in [0.717, 1.165) is 38.4 Å². The molecule has 1 fully saturated rings. The zero-order chi connectivity index (χ0) is 20.8. The Morgan fingerprint density at radius 1 is 1.21 bits per heavy atom. The Balaban J connectivity index is 1.57. The van der Waals surface area contributed by atoms with E-state index >= 15 is 0 Å². The molecule has 0 aliphatic carbocycles. The minimum atomic E-state index is -0.550. The lowest BCUT2D eigenvalue weighted by atomic mass is 10.2. The van der Waals surface area contributed by atoms with E-state index in [0.29, 0.717) is 10.7 Å². The van der Waals surface area contributed by atoms with Gasteiger partial charge in [-0.25, -0.2) is 0 Å². The Labute approximate surface area is 174 Å². The minimum Gasteiger partial charge on any atom is -0.477 e. The molecule has 0 bridgehead atoms. The largest absolute Gasteiger partial charge is 0.477 e. The first kappa shape index (κ1) is 20.9. The zero-order valence-electron chi connectivity index (χ0n) is 16.1. The van der Waals surface area contributed by atoms with E-state index in [1.54, 1.807) is 18.2 Å². The number of carbonyl (C=O) groups is 1. The molecule has 3 rings (SSSR count). The Morgan fingerprint density at radius 2 is 1.93 bits per heavy atom. The third-order valence-electron chi connectivity index (χ3n) is 4.81. The van der Waals surface area contributed by atoms with E-state index in [1.807, 2.05) is 6.07 Å². The molecule has 1 amide bonds. The van der Waals surface area contributed by atoms with Gasteiger partial charge in [-0.2, -0.15) is 0 Å². The number of nitrogens with one attached hydrogen (secondary N) is 1. The molecule has 0 radical (unpaired) electrons. The molecule has 1 saturated heterocycles. The molecule has 2 aromatic rings. The zero-order valence-corrected chi connectivity index (χ0v) is 16.9. The van der Waals surface area contributed by atoms with Gasteiger partial charge in [0.2, 0.25) is 0 Å². The fourth-order valence-electron chi connectivity index (χ4n) is 3.22. The van der Waals surface area contributed by atoms with E-state index in [-0.39, 0.29) is 18.0 Å². The molecular weight excluding hydrogens is 396 g/mol. The smallest absolute Gasteiger partial charge is 0.310 e. The maximum Gasteiger partial charge on any atom is 0.310 e. The number of anilines is 2. The van der Waals surface area contributed by atoms with Gasteiger partial charge in [-0.3, -0.25) is 14.9 Å². The van der Waals surface area contributed by atoms with Crippen LogP contribution in [0.3, 0.4) is 0 Å². The minimum absolute atomic E-state index is 0.0484. The quantitative estimate of drug-likeness (QED) is 0.547. The van der Waals surface area contributed by atoms with Crippen molar-refractivity contribution < 1.29 is 14.5 Å². The molecule has 8 nitrogen and oxygen atoms in total. The molecule has 1 heterocycles. The number of hydrogen-bond donors (Lipinski definition) is 1. The topological polar surface area (TPSA) is 88.0 Å². The number of benzene rings is 2. The first-order valence-electron chi connectivity index (χ1n) is 9.41. The molecular formula is C20H23ClN4O4. The molecule has 1 aliphatic rings. The predicted molar refractivity (Wildman–Crippen MR) is 113 cm³/mol. The number of hydrogen-bond acceptors (Lipinski definition) is 6. The van der Waals surface area contributed by atoms with Gasteiger partial charge in [0.25, 0.3) is 5.91 Å². The monoisotopic (exact) mass is 418 g/mol. The summed E-state index contributed by atoms with van der Waals surface area (Å²) in [6.45, 7) is 6.65. The fourth-order valence-corrected chi connectivity index (χ4v) is 3.52. The van der Waals surface area contributed by atoms with E-state index in [1.165, 1.54) is 18.2 Å². The Bertz CT molecular complexity index is 885. The molecule has 0 saturated carbocycles. The lowest BCUT2D eigenvalue weighted by Gasteiger charge is -2.36. The number of likely N-dealkylation sites (N-methyl/N-ethyl adjacent to an activating group) is 1. The normalized spacial score (nSPS) is 14.5. The Morgan fingerprint density at radius 3 is 2.59 bits per heavy atom. The van der Waals surface area contributed by atoms with Crippen LogP contribution in [-0.2, 0) is 4.79 Å². The summed E-state index contributed by atoms with van der Waals surface area (Å²) >= 11 is 6.43. The second-order valence-corrected chi connectivity index (χ2v) is 7.06. The molecule has 0 atom stereocenters. The van der Waals surface area contributed by atoms with Gasteiger partial charge in [-0.15, -0.1) is 0 Å². The van der Waals surface area contributed by atoms with Crippen molar-refractivity contribution in [3.8, 4) is 5.75 Å². The van der Waals surface area contributed by atoms with Crippen LogP contribution in [-0.4, -0.2) is 55.1 Å². The van der Waals surface area contributed by atoms with Gasteiger partial charge in [0, 0.05) is 37.9 Å². The lowest BCUT2D eigenvalue weighted by molar-refractivity contribution is -0.385. The van der Waals surface area contributed by atoms with Crippen molar-refractivity contribution in [1.82, 2.24) is 4.90 Å². The van der Waals surface area contributed by atoms with Crippen molar-refractivity contribution in [1.29, 1.82) is 0 Å². The summed E-state index contributed by atoms with van der Waals surface area (Å²) in [6.07, 6.45) is 0. The number of amides is 1. The van der Waals surface area contributed by atoms with Crippen molar-refractivity contribution >= 4 is 34.6 Å². The van der Waals surface area contributed by atoms with Gasteiger partial charge in [0.1, 0.15) is 0 Å². The number of halogens is 1. The highest BCUT2D eigenvalue weighted by Gasteiger charge is 2.19. The van der Waals surface area contributed by atoms with Gasteiger partial charge in [0.05, 0.1) is 15.6 Å². The average Bonchev–Trinajstić information content (AvgIpc) is 2.72. The third-order valence-corrected chi connectivity index (χ3v) is 5.12. The van der Waals surface area contributed by atoms with Gasteiger partial charge in [-0.05, 0) is 30.8 Å². The van der Waals surface area contributed by atoms with Crippen LogP contribution >= 0.6 is 11.6 Å². The molecule has 0 spiro atoms. The second-order valence-electron chi connectivity index (χ2n) is 6.65. The number of carbonyl (C=O) groups excluding carboxylic acids is 1. The van der Waals surface area contributed by atoms with Crippen LogP contribution < -0.4 is 15.0 Å². The highest BCUT2D eigenvalue weighted by molar-refractivity contribution is 6.33. The number of nitrogens with zero attached hydrogens (tertiary/aromatic N) is 3. The van der Waals surface area contributed by atoms with E-state index in [9.17, 15) is 14.9 Å². The molecule has 0 aromatic heterocycles. The van der Waals surface area contributed by atoms with Crippen LogP contribution in [0.2, 0.25) is 5.02 Å². The van der Waals surface area contributed by atoms with Crippen molar-refractivity contribution in [3.63, 3.8) is 0 Å². The average molecular weight is 419 g/mol. The van der Waals surface area contributed by atoms with Crippen LogP contribution in [0.15, 0.2) is 42.5 Å². The van der Waals surface area contributed by atoms with Gasteiger partial charge in [0.15, 0.2) is 12.4 Å². The van der Waals surface area contributed by atoms with Crippen LogP contribution in [0.4, 0.5) is 17.1 Å². The number of piperazine rings is 1. The van der Waals surface area contributed by atoms with Crippen molar-refractivity contribution in [2.24, 2.45) is 0 Å². The van der Waals surface area contributed by atoms with Gasteiger partial charge >= 0.3 is 5.69 Å². The molecule has 1 N–H and O–H groups in total. The molecule has 29 heavy (non-hydrogen) atoms. The van der Waals surface area contributed by atoms with E-state index in [2.05, 4.69) is 22.0 Å². The Hall–Kier alpha value is -2.84. The fraction of sp³-hybridized carbons (Fsp3) is 0.350. The maximum atomic E-state index is 12.2. The van der Waals surface area contributed by atoms with Crippen LogP contribution in [0.1, 0.15) is 6.92 Å². The summed E-state index contributed by atoms with van der Waals surface area (Å²) in [5.74, 6) is -0.379. The lowest BCUT2D eigenvalue weighted by Crippen LogP contribution is -2.46. The number of para-hydroxylation sites is 2. The summed E-state index contributed by atoms with van der Waals surface area (Å²) in [7, 11) is 0. The highest BCUT2D eigenvalue weighted by Crippen LogP contribution is 2.30. The van der Waals surface area contributed by atoms with Gasteiger partial charge in [-0.1, -0.05) is 30.7 Å². The van der Waals surface area contributed by atoms with E-state index < -0.39 is 10.8 Å². The predicted octanol–water partition coefficient (Wildman–Crippen LogP) is 3.41. The standard InChI is InChI=1S/C20H23ClN4O4/c1-2-23-9-11-24(12-10-23)17-8-7-15(13-16(17)21)22-20(26)14-29-19-6-4-3-5-18(19)25(27)28/h3-8,13H,2,9-12,14H2,1H3,(H,22,26). The molecule has 9 heteroatoms. The highest BCUT2D eigenvalue weighted by atomic mass is 35.5. The summed E-state index contributed by atoms with van der Waals surface area (Å²) in [4.78, 5) is 27.2. The van der Waals surface area contributed by atoms with Crippen LogP contribution in [0.25, 0.3) is 0 Å². The van der Waals surface area contributed by atoms with Crippen molar-refractivity contribution in [3.05, 3.63) is 57.6 Å².